The Labute approximate surface area is 98.5 Å². The first-order chi connectivity index (χ1) is 7.41. The van der Waals surface area contributed by atoms with Crippen LogP contribution in [-0.2, 0) is 10.0 Å². The summed E-state index contributed by atoms with van der Waals surface area (Å²) < 4.78 is 23.9. The standard InChI is InChI=1S/C10H21N3O2S/c1-4-13(16(3,14)15)7-5-6-12-9-10(2)8-11/h10,12H,4-7,9H2,1-3H3. The highest BCUT2D eigenvalue weighted by atomic mass is 32.2. The van der Waals surface area contributed by atoms with Crippen LogP contribution in [-0.4, -0.2) is 45.2 Å². The molecule has 5 nitrogen and oxygen atoms in total. The topological polar surface area (TPSA) is 73.2 Å². The second-order valence-corrected chi connectivity index (χ2v) is 5.82. The van der Waals surface area contributed by atoms with Gasteiger partial charge in [0.05, 0.1) is 18.2 Å². The first kappa shape index (κ1) is 15.4. The third-order valence-electron chi connectivity index (χ3n) is 2.25. The Hall–Kier alpha value is -0.640. The van der Waals surface area contributed by atoms with Crippen LogP contribution in [0.2, 0.25) is 0 Å². The van der Waals surface area contributed by atoms with Gasteiger partial charge < -0.3 is 5.32 Å². The summed E-state index contributed by atoms with van der Waals surface area (Å²) in [5.74, 6) is -0.00261. The predicted octanol–water partition coefficient (Wildman–Crippen LogP) is 0.407. The minimum Gasteiger partial charge on any atom is -0.315 e. The lowest BCUT2D eigenvalue weighted by Gasteiger charge is -2.17. The van der Waals surface area contributed by atoms with Gasteiger partial charge in [-0.3, -0.25) is 0 Å². The van der Waals surface area contributed by atoms with Gasteiger partial charge in [0.15, 0.2) is 0 Å². The van der Waals surface area contributed by atoms with E-state index in [4.69, 9.17) is 5.26 Å². The van der Waals surface area contributed by atoms with Crippen molar-refractivity contribution in [2.24, 2.45) is 5.92 Å². The molecule has 0 fully saturated rings. The fourth-order valence-corrected chi connectivity index (χ4v) is 2.23. The van der Waals surface area contributed by atoms with E-state index in [1.165, 1.54) is 10.6 Å². The van der Waals surface area contributed by atoms with Gasteiger partial charge in [0.25, 0.3) is 0 Å². The van der Waals surface area contributed by atoms with Gasteiger partial charge >= 0.3 is 0 Å². The number of hydrogen-bond acceptors (Lipinski definition) is 4. The van der Waals surface area contributed by atoms with Crippen molar-refractivity contribution in [3.63, 3.8) is 0 Å². The van der Waals surface area contributed by atoms with Gasteiger partial charge in [-0.05, 0) is 19.9 Å². The van der Waals surface area contributed by atoms with Crippen LogP contribution in [0, 0.1) is 17.2 Å². The van der Waals surface area contributed by atoms with Gasteiger partial charge in [0, 0.05) is 19.6 Å². The molecule has 0 heterocycles. The second-order valence-electron chi connectivity index (χ2n) is 3.84. The maximum absolute atomic E-state index is 11.2. The zero-order chi connectivity index (χ0) is 12.6. The molecule has 0 bridgehead atoms. The van der Waals surface area contributed by atoms with Gasteiger partial charge in [-0.2, -0.15) is 5.26 Å². The van der Waals surface area contributed by atoms with E-state index in [1.807, 2.05) is 13.8 Å². The van der Waals surface area contributed by atoms with Crippen LogP contribution in [0.4, 0.5) is 0 Å². The third kappa shape index (κ3) is 6.77. The third-order valence-corrected chi connectivity index (χ3v) is 3.63. The van der Waals surface area contributed by atoms with Crippen LogP contribution >= 0.6 is 0 Å². The van der Waals surface area contributed by atoms with Crippen molar-refractivity contribution < 1.29 is 8.42 Å². The Morgan fingerprint density at radius 3 is 2.56 bits per heavy atom. The summed E-state index contributed by atoms with van der Waals surface area (Å²) in [7, 11) is -3.07. The SMILES string of the molecule is CCN(CCCNCC(C)C#N)S(C)(=O)=O. The summed E-state index contributed by atoms with van der Waals surface area (Å²) in [6.07, 6.45) is 1.99. The minimum atomic E-state index is -3.07. The molecular weight excluding hydrogens is 226 g/mol. The van der Waals surface area contributed by atoms with E-state index in [-0.39, 0.29) is 5.92 Å². The van der Waals surface area contributed by atoms with Gasteiger partial charge in [-0.15, -0.1) is 0 Å². The maximum Gasteiger partial charge on any atom is 0.211 e. The van der Waals surface area contributed by atoms with Gasteiger partial charge in [0.1, 0.15) is 0 Å². The zero-order valence-corrected chi connectivity index (χ0v) is 11.0. The molecule has 0 saturated carbocycles. The molecule has 0 aromatic rings. The lowest BCUT2D eigenvalue weighted by atomic mass is 10.2. The molecule has 1 unspecified atom stereocenters. The lowest BCUT2D eigenvalue weighted by molar-refractivity contribution is 0.417. The first-order valence-electron chi connectivity index (χ1n) is 5.47. The number of nitrogens with zero attached hydrogens (tertiary/aromatic N) is 2. The van der Waals surface area contributed by atoms with E-state index in [0.29, 0.717) is 19.6 Å². The summed E-state index contributed by atoms with van der Waals surface area (Å²) in [5, 5.41) is 11.7. The summed E-state index contributed by atoms with van der Waals surface area (Å²) in [4.78, 5) is 0. The summed E-state index contributed by atoms with van der Waals surface area (Å²) in [6.45, 7) is 6.10. The van der Waals surface area contributed by atoms with Gasteiger partial charge in [-0.1, -0.05) is 6.92 Å². The van der Waals surface area contributed by atoms with Crippen molar-refractivity contribution in [1.82, 2.24) is 9.62 Å². The summed E-state index contributed by atoms with van der Waals surface area (Å²) >= 11 is 0. The zero-order valence-electron chi connectivity index (χ0n) is 10.2. The van der Waals surface area contributed by atoms with Crippen molar-refractivity contribution in [1.29, 1.82) is 5.26 Å². The molecule has 0 aromatic heterocycles. The number of nitriles is 1. The molecule has 1 N–H and O–H groups in total. The highest BCUT2D eigenvalue weighted by Gasteiger charge is 2.12. The fraction of sp³-hybridized carbons (Fsp3) is 0.900. The molecular formula is C10H21N3O2S. The Kier molecular flexibility index (Phi) is 7.30. The molecule has 0 aliphatic carbocycles. The Morgan fingerprint density at radius 2 is 2.12 bits per heavy atom. The smallest absolute Gasteiger partial charge is 0.211 e. The number of nitrogens with one attached hydrogen (secondary N) is 1. The molecule has 0 amide bonds. The van der Waals surface area contributed by atoms with Crippen LogP contribution in [0.1, 0.15) is 20.3 Å². The largest absolute Gasteiger partial charge is 0.315 e. The highest BCUT2D eigenvalue weighted by molar-refractivity contribution is 7.88. The van der Waals surface area contributed by atoms with Crippen LogP contribution in [0.3, 0.4) is 0 Å². The molecule has 0 spiro atoms. The molecule has 0 rings (SSSR count). The molecule has 6 heteroatoms. The van der Waals surface area contributed by atoms with Crippen molar-refractivity contribution in [2.75, 3.05) is 32.4 Å². The molecule has 0 radical (unpaired) electrons. The molecule has 0 aliphatic rings. The lowest BCUT2D eigenvalue weighted by Crippen LogP contribution is -2.33. The Morgan fingerprint density at radius 1 is 1.50 bits per heavy atom. The predicted molar refractivity (Wildman–Crippen MR) is 64.4 cm³/mol. The summed E-state index contributed by atoms with van der Waals surface area (Å²) in [6, 6.07) is 2.13. The van der Waals surface area contributed by atoms with Crippen molar-refractivity contribution in [3.8, 4) is 6.07 Å². The molecule has 94 valence electrons. The fourth-order valence-electron chi connectivity index (χ4n) is 1.30. The van der Waals surface area contributed by atoms with Crippen LogP contribution in [0.15, 0.2) is 0 Å². The quantitative estimate of drug-likeness (QED) is 0.630. The summed E-state index contributed by atoms with van der Waals surface area (Å²) in [5.41, 5.74) is 0. The van der Waals surface area contributed by atoms with Crippen LogP contribution in [0.5, 0.6) is 0 Å². The van der Waals surface area contributed by atoms with Gasteiger partial charge in [0.2, 0.25) is 10.0 Å². The highest BCUT2D eigenvalue weighted by Crippen LogP contribution is 1.98. The molecule has 0 saturated heterocycles. The average Bonchev–Trinajstić information content (AvgIpc) is 2.20. The van der Waals surface area contributed by atoms with E-state index in [0.717, 1.165) is 13.0 Å². The molecule has 0 aromatic carbocycles. The number of hydrogen-bond donors (Lipinski definition) is 1. The minimum absolute atomic E-state index is 0.00261. The van der Waals surface area contributed by atoms with Crippen LogP contribution < -0.4 is 5.32 Å². The molecule has 1 atom stereocenters. The van der Waals surface area contributed by atoms with E-state index < -0.39 is 10.0 Å². The average molecular weight is 247 g/mol. The first-order valence-corrected chi connectivity index (χ1v) is 7.32. The van der Waals surface area contributed by atoms with Crippen molar-refractivity contribution in [3.05, 3.63) is 0 Å². The molecule has 16 heavy (non-hydrogen) atoms. The number of rotatable bonds is 8. The van der Waals surface area contributed by atoms with Crippen molar-refractivity contribution in [2.45, 2.75) is 20.3 Å². The number of sulfonamides is 1. The monoisotopic (exact) mass is 247 g/mol. The van der Waals surface area contributed by atoms with Gasteiger partial charge in [-0.25, -0.2) is 12.7 Å². The van der Waals surface area contributed by atoms with E-state index in [2.05, 4.69) is 11.4 Å². The molecule has 0 aliphatic heterocycles. The Bertz CT molecular complexity index is 321. The normalized spacial score (nSPS) is 13.7. The van der Waals surface area contributed by atoms with Crippen molar-refractivity contribution >= 4 is 10.0 Å². The second kappa shape index (κ2) is 7.60. The van der Waals surface area contributed by atoms with E-state index >= 15 is 0 Å². The van der Waals surface area contributed by atoms with E-state index in [1.54, 1.807) is 0 Å². The van der Waals surface area contributed by atoms with E-state index in [9.17, 15) is 8.42 Å². The maximum atomic E-state index is 11.2. The van der Waals surface area contributed by atoms with Crippen LogP contribution in [0.25, 0.3) is 0 Å². The Balaban J connectivity index is 3.70.